The van der Waals surface area contributed by atoms with Gasteiger partial charge >= 0.3 is 0 Å². The van der Waals surface area contributed by atoms with Crippen LogP contribution in [-0.2, 0) is 4.79 Å². The number of alkyl halides is 1. The molecule has 0 radical (unpaired) electrons. The van der Waals surface area contributed by atoms with E-state index in [0.29, 0.717) is 11.3 Å². The van der Waals surface area contributed by atoms with Crippen molar-refractivity contribution < 1.29 is 4.79 Å². The van der Waals surface area contributed by atoms with Crippen LogP contribution in [0.4, 0.5) is 0 Å². The number of nitrogens with zero attached hydrogens (tertiary/aromatic N) is 1. The molecule has 104 valence electrons. The van der Waals surface area contributed by atoms with Crippen LogP contribution in [0.25, 0.3) is 0 Å². The van der Waals surface area contributed by atoms with Gasteiger partial charge in [0.15, 0.2) is 0 Å². The van der Waals surface area contributed by atoms with Crippen molar-refractivity contribution in [1.29, 1.82) is 0 Å². The van der Waals surface area contributed by atoms with Crippen molar-refractivity contribution in [3.8, 4) is 0 Å². The van der Waals surface area contributed by atoms with Crippen molar-refractivity contribution in [2.24, 2.45) is 11.3 Å². The minimum atomic E-state index is 0.0729. The molecule has 2 nitrogen and oxygen atoms in total. The van der Waals surface area contributed by atoms with E-state index in [1.807, 2.05) is 0 Å². The highest BCUT2D eigenvalue weighted by atomic mass is 79.9. The van der Waals surface area contributed by atoms with E-state index in [1.165, 1.54) is 32.1 Å². The van der Waals surface area contributed by atoms with Gasteiger partial charge in [-0.3, -0.25) is 4.79 Å². The number of rotatable bonds is 4. The first-order chi connectivity index (χ1) is 8.52. The van der Waals surface area contributed by atoms with Crippen molar-refractivity contribution in [3.63, 3.8) is 0 Å². The van der Waals surface area contributed by atoms with Crippen molar-refractivity contribution in [1.82, 2.24) is 4.90 Å². The largest absolute Gasteiger partial charge is 0.341 e. The molecule has 18 heavy (non-hydrogen) atoms. The second kappa shape index (κ2) is 5.94. The molecule has 0 aromatic carbocycles. The van der Waals surface area contributed by atoms with Crippen LogP contribution in [0.15, 0.2) is 0 Å². The lowest BCUT2D eigenvalue weighted by Crippen LogP contribution is -2.47. The van der Waals surface area contributed by atoms with Crippen LogP contribution >= 0.6 is 15.9 Å². The zero-order valence-corrected chi connectivity index (χ0v) is 13.3. The van der Waals surface area contributed by atoms with Crippen molar-refractivity contribution in [3.05, 3.63) is 0 Å². The second-order valence-corrected chi connectivity index (χ2v) is 7.78. The highest BCUT2D eigenvalue weighted by Crippen LogP contribution is 2.44. The van der Waals surface area contributed by atoms with Crippen LogP contribution in [0.1, 0.15) is 58.8 Å². The Kier molecular flexibility index (Phi) is 4.74. The molecule has 1 amide bonds. The molecular formula is C15H26BrNO. The average molecular weight is 316 g/mol. The van der Waals surface area contributed by atoms with Crippen LogP contribution in [0, 0.1) is 11.3 Å². The minimum Gasteiger partial charge on any atom is -0.341 e. The zero-order valence-electron chi connectivity index (χ0n) is 11.8. The van der Waals surface area contributed by atoms with E-state index in [9.17, 15) is 4.79 Å². The molecule has 1 atom stereocenters. The number of amides is 1. The molecule has 2 fully saturated rings. The number of carbonyl (C=O) groups excluding carboxylic acids is 1. The number of halogens is 1. The first-order valence-corrected chi connectivity index (χ1v) is 8.37. The normalized spacial score (nSPS) is 28.1. The number of hydrogen-bond donors (Lipinski definition) is 0. The number of piperidine rings is 1. The predicted molar refractivity (Wildman–Crippen MR) is 78.9 cm³/mol. The van der Waals surface area contributed by atoms with Gasteiger partial charge in [0, 0.05) is 13.1 Å². The van der Waals surface area contributed by atoms with E-state index in [0.717, 1.165) is 31.8 Å². The van der Waals surface area contributed by atoms with Gasteiger partial charge in [-0.05, 0) is 43.4 Å². The Morgan fingerprint density at radius 3 is 2.61 bits per heavy atom. The van der Waals surface area contributed by atoms with Crippen molar-refractivity contribution in [2.75, 3.05) is 13.1 Å². The molecule has 0 aromatic rings. The van der Waals surface area contributed by atoms with Gasteiger partial charge in [-0.25, -0.2) is 0 Å². The molecule has 3 heteroatoms. The highest BCUT2D eigenvalue weighted by Gasteiger charge is 2.38. The molecule has 0 N–H and O–H groups in total. The third-order valence-corrected chi connectivity index (χ3v) is 5.35. The molecule has 0 spiro atoms. The fraction of sp³-hybridized carbons (Fsp3) is 0.933. The van der Waals surface area contributed by atoms with Gasteiger partial charge in [-0.15, -0.1) is 0 Å². The van der Waals surface area contributed by atoms with E-state index >= 15 is 0 Å². The van der Waals surface area contributed by atoms with E-state index < -0.39 is 0 Å². The third kappa shape index (κ3) is 3.28. The third-order valence-electron chi connectivity index (χ3n) is 4.50. The molecule has 1 saturated heterocycles. The van der Waals surface area contributed by atoms with Crippen molar-refractivity contribution >= 4 is 21.8 Å². The van der Waals surface area contributed by atoms with Crippen LogP contribution in [-0.4, -0.2) is 28.7 Å². The molecule has 1 unspecified atom stereocenters. The van der Waals surface area contributed by atoms with E-state index in [1.54, 1.807) is 0 Å². The molecule has 1 aliphatic carbocycles. The Balaban J connectivity index is 2.02. The summed E-state index contributed by atoms with van der Waals surface area (Å²) >= 11 is 3.52. The monoisotopic (exact) mass is 315 g/mol. The smallest absolute Gasteiger partial charge is 0.236 e. The summed E-state index contributed by atoms with van der Waals surface area (Å²) in [6.45, 7) is 6.60. The topological polar surface area (TPSA) is 20.3 Å². The van der Waals surface area contributed by atoms with Crippen LogP contribution in [0.5, 0.6) is 0 Å². The molecule has 0 bridgehead atoms. The minimum absolute atomic E-state index is 0.0729. The Bertz CT molecular complexity index is 297. The standard InChI is InChI=1S/C15H26BrNO/c1-12(2)10-15(7-3-4-8-15)11-17-9-5-6-13(16)14(17)18/h12-13H,3-11H2,1-2H3. The van der Waals surface area contributed by atoms with Crippen molar-refractivity contribution in [2.45, 2.75) is 63.6 Å². The number of hydrogen-bond acceptors (Lipinski definition) is 1. The van der Waals surface area contributed by atoms with Gasteiger partial charge in [-0.2, -0.15) is 0 Å². The van der Waals surface area contributed by atoms with E-state index in [2.05, 4.69) is 34.7 Å². The van der Waals surface area contributed by atoms with Crippen LogP contribution < -0.4 is 0 Å². The molecule has 1 heterocycles. The lowest BCUT2D eigenvalue weighted by Gasteiger charge is -2.39. The first-order valence-electron chi connectivity index (χ1n) is 7.45. The summed E-state index contributed by atoms with van der Waals surface area (Å²) < 4.78 is 0. The second-order valence-electron chi connectivity index (χ2n) is 6.67. The Morgan fingerprint density at radius 1 is 1.33 bits per heavy atom. The summed E-state index contributed by atoms with van der Waals surface area (Å²) in [6, 6.07) is 0. The van der Waals surface area contributed by atoms with Gasteiger partial charge < -0.3 is 4.90 Å². The van der Waals surface area contributed by atoms with Gasteiger partial charge in [-0.1, -0.05) is 42.6 Å². The summed E-state index contributed by atoms with van der Waals surface area (Å²) in [5, 5.41) is 0. The summed E-state index contributed by atoms with van der Waals surface area (Å²) in [7, 11) is 0. The van der Waals surface area contributed by atoms with E-state index in [4.69, 9.17) is 0 Å². The lowest BCUT2D eigenvalue weighted by atomic mass is 9.78. The predicted octanol–water partition coefficient (Wildman–Crippen LogP) is 3.98. The fourth-order valence-electron chi connectivity index (χ4n) is 3.87. The molecular weight excluding hydrogens is 290 g/mol. The summed E-state index contributed by atoms with van der Waals surface area (Å²) in [6.07, 6.45) is 8.79. The molecule has 0 aromatic heterocycles. The Hall–Kier alpha value is -0.0500. The molecule has 1 saturated carbocycles. The molecule has 1 aliphatic heterocycles. The van der Waals surface area contributed by atoms with Crippen LogP contribution in [0.2, 0.25) is 0 Å². The van der Waals surface area contributed by atoms with Crippen LogP contribution in [0.3, 0.4) is 0 Å². The SMILES string of the molecule is CC(C)CC1(CN2CCCC(Br)C2=O)CCCC1. The quantitative estimate of drug-likeness (QED) is 0.719. The molecule has 2 aliphatic rings. The van der Waals surface area contributed by atoms with E-state index in [-0.39, 0.29) is 4.83 Å². The van der Waals surface area contributed by atoms with Gasteiger partial charge in [0.25, 0.3) is 0 Å². The van der Waals surface area contributed by atoms with Gasteiger partial charge in [0.05, 0.1) is 4.83 Å². The summed E-state index contributed by atoms with van der Waals surface area (Å²) in [5.74, 6) is 1.07. The average Bonchev–Trinajstić information content (AvgIpc) is 2.72. The maximum absolute atomic E-state index is 12.2. The Morgan fingerprint density at radius 2 is 2.00 bits per heavy atom. The summed E-state index contributed by atoms with van der Waals surface area (Å²) in [4.78, 5) is 14.4. The lowest BCUT2D eigenvalue weighted by molar-refractivity contribution is -0.134. The maximum Gasteiger partial charge on any atom is 0.236 e. The number of likely N-dealkylation sites (tertiary alicyclic amines) is 1. The maximum atomic E-state index is 12.2. The van der Waals surface area contributed by atoms with Gasteiger partial charge in [0.2, 0.25) is 5.91 Å². The Labute approximate surface area is 120 Å². The zero-order chi connectivity index (χ0) is 13.2. The molecule has 2 rings (SSSR count). The summed E-state index contributed by atoms with van der Waals surface area (Å²) in [5.41, 5.74) is 0.424. The fourth-order valence-corrected chi connectivity index (χ4v) is 4.49. The van der Waals surface area contributed by atoms with Gasteiger partial charge in [0.1, 0.15) is 0 Å². The number of carbonyl (C=O) groups is 1. The first kappa shape index (κ1) is 14.4. The highest BCUT2D eigenvalue weighted by molar-refractivity contribution is 9.10.